The molecule has 1 amide bonds. The molecule has 0 saturated heterocycles. The van der Waals surface area contributed by atoms with Crippen molar-refractivity contribution >= 4 is 29.9 Å². The van der Waals surface area contributed by atoms with Crippen LogP contribution >= 0.6 is 24.0 Å². The predicted molar refractivity (Wildman–Crippen MR) is 76.9 cm³/mol. The van der Waals surface area contributed by atoms with Crippen LogP contribution in [0, 0.1) is 0 Å². The molecule has 0 unspecified atom stereocenters. The summed E-state index contributed by atoms with van der Waals surface area (Å²) in [7, 11) is 0. The Morgan fingerprint density at radius 2 is 2.30 bits per heavy atom. The van der Waals surface area contributed by atoms with Crippen molar-refractivity contribution in [2.24, 2.45) is 5.73 Å². The average Bonchev–Trinajstić information content (AvgIpc) is 2.89. The molecule has 0 radical (unpaired) electrons. The van der Waals surface area contributed by atoms with E-state index in [0.717, 1.165) is 11.3 Å². The molecule has 0 aliphatic heterocycles. The molecule has 1 aromatic carbocycles. The Morgan fingerprint density at radius 1 is 1.55 bits per heavy atom. The summed E-state index contributed by atoms with van der Waals surface area (Å²) in [4.78, 5) is 11.5. The Labute approximate surface area is 126 Å². The second-order valence-corrected chi connectivity index (χ2v) is 4.47. The monoisotopic (exact) mass is 316 g/mol. The number of carbonyl (C=O) groups is 1. The van der Waals surface area contributed by atoms with Crippen LogP contribution in [0.2, 0.25) is 5.02 Å². The smallest absolute Gasteiger partial charge is 0.236 e. The van der Waals surface area contributed by atoms with Crippen molar-refractivity contribution < 1.29 is 4.79 Å². The number of tetrazole rings is 1. The summed E-state index contributed by atoms with van der Waals surface area (Å²) in [5.41, 5.74) is 7.04. The van der Waals surface area contributed by atoms with E-state index in [1.807, 2.05) is 0 Å². The van der Waals surface area contributed by atoms with Crippen LogP contribution in [0.15, 0.2) is 24.5 Å². The number of aromatic nitrogens is 4. The lowest BCUT2D eigenvalue weighted by Crippen LogP contribution is -2.38. The Morgan fingerprint density at radius 3 is 2.90 bits per heavy atom. The number of halogens is 2. The third-order valence-electron chi connectivity index (χ3n) is 2.50. The summed E-state index contributed by atoms with van der Waals surface area (Å²) in [6.07, 6.45) is 1.47. The highest BCUT2D eigenvalue weighted by molar-refractivity contribution is 6.30. The van der Waals surface area contributed by atoms with Crippen LogP contribution in [-0.2, 0) is 11.3 Å². The number of amides is 1. The largest absolute Gasteiger partial charge is 0.351 e. The summed E-state index contributed by atoms with van der Waals surface area (Å²) in [5, 5.41) is 14.3. The quantitative estimate of drug-likeness (QED) is 0.865. The van der Waals surface area contributed by atoms with E-state index in [1.165, 1.54) is 11.0 Å². The molecule has 2 aromatic rings. The van der Waals surface area contributed by atoms with E-state index in [9.17, 15) is 4.79 Å². The lowest BCUT2D eigenvalue weighted by atomic mass is 10.1. The van der Waals surface area contributed by atoms with Crippen LogP contribution < -0.4 is 11.1 Å². The number of hydrogen-bond donors (Lipinski definition) is 2. The maximum atomic E-state index is 11.5. The number of rotatable bonds is 4. The number of nitrogens with two attached hydrogens (primary N) is 1. The molecule has 7 nitrogen and oxygen atoms in total. The Bertz CT molecular complexity index is 572. The zero-order valence-electron chi connectivity index (χ0n) is 10.7. The van der Waals surface area contributed by atoms with E-state index in [2.05, 4.69) is 20.8 Å². The topological polar surface area (TPSA) is 98.7 Å². The van der Waals surface area contributed by atoms with E-state index in [-0.39, 0.29) is 18.3 Å². The molecule has 1 heterocycles. The molecule has 1 atom stereocenters. The van der Waals surface area contributed by atoms with Gasteiger partial charge in [-0.05, 0) is 41.1 Å². The molecule has 0 bridgehead atoms. The van der Waals surface area contributed by atoms with Gasteiger partial charge in [-0.3, -0.25) is 4.79 Å². The number of nitrogens with zero attached hydrogens (tertiary/aromatic N) is 4. The molecular weight excluding hydrogens is 303 g/mol. The van der Waals surface area contributed by atoms with Gasteiger partial charge in [0.05, 0.1) is 11.7 Å². The van der Waals surface area contributed by atoms with Crippen LogP contribution in [0.25, 0.3) is 5.69 Å². The number of hydrogen-bond acceptors (Lipinski definition) is 5. The van der Waals surface area contributed by atoms with E-state index < -0.39 is 6.04 Å². The second-order valence-electron chi connectivity index (χ2n) is 4.03. The normalized spacial score (nSPS) is 11.6. The van der Waals surface area contributed by atoms with Crippen molar-refractivity contribution in [3.63, 3.8) is 0 Å². The zero-order chi connectivity index (χ0) is 13.8. The lowest BCUT2D eigenvalue weighted by Gasteiger charge is -2.11. The lowest BCUT2D eigenvalue weighted by molar-refractivity contribution is -0.122. The highest BCUT2D eigenvalue weighted by Crippen LogP contribution is 2.18. The molecule has 0 saturated carbocycles. The Kier molecular flexibility index (Phi) is 5.87. The highest BCUT2D eigenvalue weighted by atomic mass is 35.5. The van der Waals surface area contributed by atoms with Crippen molar-refractivity contribution in [3.05, 3.63) is 35.1 Å². The third kappa shape index (κ3) is 3.89. The van der Waals surface area contributed by atoms with E-state index >= 15 is 0 Å². The number of carbonyl (C=O) groups excluding carboxylic acids is 1. The minimum absolute atomic E-state index is 0. The van der Waals surface area contributed by atoms with Crippen LogP contribution in [0.5, 0.6) is 0 Å². The van der Waals surface area contributed by atoms with Gasteiger partial charge in [-0.1, -0.05) is 11.6 Å². The van der Waals surface area contributed by atoms with E-state index in [0.29, 0.717) is 11.6 Å². The van der Waals surface area contributed by atoms with Crippen LogP contribution in [0.4, 0.5) is 0 Å². The van der Waals surface area contributed by atoms with Crippen LogP contribution in [0.3, 0.4) is 0 Å². The van der Waals surface area contributed by atoms with Gasteiger partial charge >= 0.3 is 0 Å². The maximum absolute atomic E-state index is 11.5. The summed E-state index contributed by atoms with van der Waals surface area (Å²) in [6.45, 7) is 1.92. The Hall–Kier alpha value is -1.70. The molecule has 0 fully saturated rings. The standard InChI is InChI=1S/C11H13ClN6O.ClH/c1-7(13)11(19)14-5-8-4-9(12)2-3-10(8)18-6-15-16-17-18;/h2-4,6-7H,5,13H2,1H3,(H,14,19);1H/t7-;/m0./s1. The first-order valence-corrected chi connectivity index (χ1v) is 6.01. The summed E-state index contributed by atoms with van der Waals surface area (Å²) < 4.78 is 1.50. The van der Waals surface area contributed by atoms with E-state index in [4.69, 9.17) is 17.3 Å². The summed E-state index contributed by atoms with van der Waals surface area (Å²) >= 11 is 5.96. The molecule has 20 heavy (non-hydrogen) atoms. The van der Waals surface area contributed by atoms with Crippen LogP contribution in [0.1, 0.15) is 12.5 Å². The van der Waals surface area contributed by atoms with Gasteiger partial charge in [0.1, 0.15) is 6.33 Å². The fraction of sp³-hybridized carbons (Fsp3) is 0.273. The van der Waals surface area contributed by atoms with Crippen molar-refractivity contribution in [3.8, 4) is 5.69 Å². The molecule has 9 heteroatoms. The minimum Gasteiger partial charge on any atom is -0.351 e. The molecule has 0 aliphatic rings. The number of nitrogens with one attached hydrogen (secondary N) is 1. The Balaban J connectivity index is 0.00000200. The first kappa shape index (κ1) is 16.4. The van der Waals surface area contributed by atoms with Crippen LogP contribution in [-0.4, -0.2) is 32.2 Å². The highest BCUT2D eigenvalue weighted by Gasteiger charge is 2.10. The SMILES string of the molecule is C[C@H](N)C(=O)NCc1cc(Cl)ccc1-n1cnnn1.Cl. The van der Waals surface area contributed by atoms with Gasteiger partial charge in [-0.15, -0.1) is 17.5 Å². The average molecular weight is 317 g/mol. The second kappa shape index (κ2) is 7.18. The zero-order valence-corrected chi connectivity index (χ0v) is 12.2. The van der Waals surface area contributed by atoms with Gasteiger partial charge in [0.25, 0.3) is 0 Å². The summed E-state index contributed by atoms with van der Waals surface area (Å²) in [5.74, 6) is -0.234. The third-order valence-corrected chi connectivity index (χ3v) is 2.74. The van der Waals surface area contributed by atoms with Crippen molar-refractivity contribution in [1.82, 2.24) is 25.5 Å². The van der Waals surface area contributed by atoms with Gasteiger partial charge in [0.15, 0.2) is 0 Å². The maximum Gasteiger partial charge on any atom is 0.236 e. The molecule has 0 spiro atoms. The van der Waals surface area contributed by atoms with Gasteiger partial charge in [0.2, 0.25) is 5.91 Å². The fourth-order valence-electron chi connectivity index (χ4n) is 1.53. The number of benzene rings is 1. The minimum atomic E-state index is -0.560. The predicted octanol–water partition coefficient (Wildman–Crippen LogP) is 0.701. The van der Waals surface area contributed by atoms with Crippen molar-refractivity contribution in [1.29, 1.82) is 0 Å². The first-order chi connectivity index (χ1) is 9.08. The molecule has 2 rings (SSSR count). The van der Waals surface area contributed by atoms with Gasteiger partial charge in [0, 0.05) is 11.6 Å². The van der Waals surface area contributed by atoms with Gasteiger partial charge in [-0.25, -0.2) is 4.68 Å². The van der Waals surface area contributed by atoms with E-state index in [1.54, 1.807) is 25.1 Å². The first-order valence-electron chi connectivity index (χ1n) is 5.63. The fourth-order valence-corrected chi connectivity index (χ4v) is 1.73. The molecule has 108 valence electrons. The summed E-state index contributed by atoms with van der Waals surface area (Å²) in [6, 6.07) is 4.71. The van der Waals surface area contributed by atoms with Crippen molar-refractivity contribution in [2.45, 2.75) is 19.5 Å². The van der Waals surface area contributed by atoms with Gasteiger partial charge in [-0.2, -0.15) is 0 Å². The molecular formula is C11H14Cl2N6O. The molecule has 3 N–H and O–H groups in total. The van der Waals surface area contributed by atoms with Gasteiger partial charge < -0.3 is 11.1 Å². The van der Waals surface area contributed by atoms with Crippen molar-refractivity contribution in [2.75, 3.05) is 0 Å². The molecule has 1 aromatic heterocycles. The molecule has 0 aliphatic carbocycles.